The van der Waals surface area contributed by atoms with Gasteiger partial charge < -0.3 is 9.80 Å². The number of hydrogen-bond donors (Lipinski definition) is 0. The summed E-state index contributed by atoms with van der Waals surface area (Å²) in [6.45, 7) is 12.7. The van der Waals surface area contributed by atoms with Crippen LogP contribution in [-0.2, 0) is 0 Å². The second-order valence-electron chi connectivity index (χ2n) is 6.48. The van der Waals surface area contributed by atoms with Crippen molar-refractivity contribution < 1.29 is 0 Å². The van der Waals surface area contributed by atoms with E-state index in [1.54, 1.807) is 0 Å². The van der Waals surface area contributed by atoms with E-state index in [0.29, 0.717) is 0 Å². The van der Waals surface area contributed by atoms with Crippen molar-refractivity contribution in [2.75, 3.05) is 39.3 Å². The molecule has 0 aromatic rings. The average Bonchev–Trinajstić information content (AvgIpc) is 3.10. The van der Waals surface area contributed by atoms with Gasteiger partial charge in [0.1, 0.15) is 0 Å². The first kappa shape index (κ1) is 13.4. The topological polar surface area (TPSA) is 6.48 Å². The molecule has 0 unspecified atom stereocenters. The third kappa shape index (κ3) is 5.39. The van der Waals surface area contributed by atoms with Gasteiger partial charge in [-0.05, 0) is 37.6 Å². The molecule has 0 aromatic carbocycles. The molecule has 17 heavy (non-hydrogen) atoms. The van der Waals surface area contributed by atoms with Crippen molar-refractivity contribution >= 4 is 0 Å². The molecule has 0 N–H and O–H groups in total. The zero-order valence-corrected chi connectivity index (χ0v) is 11.8. The van der Waals surface area contributed by atoms with E-state index in [2.05, 4.69) is 23.6 Å². The summed E-state index contributed by atoms with van der Waals surface area (Å²) < 4.78 is 0. The first-order valence-corrected chi connectivity index (χ1v) is 7.69. The lowest BCUT2D eigenvalue weighted by Crippen LogP contribution is -2.47. The van der Waals surface area contributed by atoms with E-state index in [1.165, 1.54) is 71.4 Å². The normalized spacial score (nSPS) is 23.5. The summed E-state index contributed by atoms with van der Waals surface area (Å²) in [6, 6.07) is 0. The zero-order valence-electron chi connectivity index (χ0n) is 11.8. The Morgan fingerprint density at radius 3 is 2.18 bits per heavy atom. The molecular formula is C15H30N2. The van der Waals surface area contributed by atoms with E-state index < -0.39 is 0 Å². The molecule has 2 nitrogen and oxygen atoms in total. The van der Waals surface area contributed by atoms with Gasteiger partial charge in [0.15, 0.2) is 0 Å². The van der Waals surface area contributed by atoms with Crippen molar-refractivity contribution in [2.24, 2.45) is 11.8 Å². The van der Waals surface area contributed by atoms with Crippen LogP contribution in [0.5, 0.6) is 0 Å². The summed E-state index contributed by atoms with van der Waals surface area (Å²) in [7, 11) is 0. The number of piperazine rings is 1. The van der Waals surface area contributed by atoms with E-state index in [9.17, 15) is 0 Å². The lowest BCUT2D eigenvalue weighted by atomic mass is 10.1. The van der Waals surface area contributed by atoms with Crippen LogP contribution in [0.3, 0.4) is 0 Å². The van der Waals surface area contributed by atoms with Crippen molar-refractivity contribution in [2.45, 2.75) is 46.0 Å². The highest BCUT2D eigenvalue weighted by Gasteiger charge is 2.26. The summed E-state index contributed by atoms with van der Waals surface area (Å²) in [6.07, 6.45) is 7.22. The first-order chi connectivity index (χ1) is 8.24. The van der Waals surface area contributed by atoms with Gasteiger partial charge in [-0.3, -0.25) is 0 Å². The largest absolute Gasteiger partial charge is 0.301 e. The van der Waals surface area contributed by atoms with Gasteiger partial charge in [-0.2, -0.15) is 0 Å². The van der Waals surface area contributed by atoms with Gasteiger partial charge in [0.25, 0.3) is 0 Å². The highest BCUT2D eigenvalue weighted by atomic mass is 15.3. The van der Waals surface area contributed by atoms with Crippen LogP contribution >= 0.6 is 0 Å². The number of nitrogens with zero attached hydrogens (tertiary/aromatic N) is 2. The number of rotatable bonds is 7. The molecule has 1 aliphatic carbocycles. The van der Waals surface area contributed by atoms with Crippen LogP contribution in [0, 0.1) is 11.8 Å². The van der Waals surface area contributed by atoms with E-state index in [-0.39, 0.29) is 0 Å². The molecular weight excluding hydrogens is 208 g/mol. The molecule has 1 saturated heterocycles. The Bertz CT molecular complexity index is 200. The predicted molar refractivity (Wildman–Crippen MR) is 74.3 cm³/mol. The molecule has 1 heterocycles. The van der Waals surface area contributed by atoms with Gasteiger partial charge in [0.2, 0.25) is 0 Å². The quantitative estimate of drug-likeness (QED) is 0.629. The second-order valence-corrected chi connectivity index (χ2v) is 6.48. The monoisotopic (exact) mass is 238 g/mol. The average molecular weight is 238 g/mol. The molecule has 1 aliphatic heterocycles. The van der Waals surface area contributed by atoms with Gasteiger partial charge in [-0.1, -0.05) is 26.7 Å². The van der Waals surface area contributed by atoms with Gasteiger partial charge in [-0.25, -0.2) is 0 Å². The Balaban J connectivity index is 1.49. The zero-order chi connectivity index (χ0) is 12.1. The van der Waals surface area contributed by atoms with Crippen molar-refractivity contribution in [3.05, 3.63) is 0 Å². The molecule has 0 aromatic heterocycles. The van der Waals surface area contributed by atoms with Crippen LogP contribution in [0.15, 0.2) is 0 Å². The summed E-state index contributed by atoms with van der Waals surface area (Å²) in [5.74, 6) is 1.94. The molecule has 0 spiro atoms. The maximum absolute atomic E-state index is 2.68. The molecule has 0 amide bonds. The third-order valence-corrected chi connectivity index (χ3v) is 4.18. The Morgan fingerprint density at radius 1 is 0.941 bits per heavy atom. The first-order valence-electron chi connectivity index (χ1n) is 7.69. The van der Waals surface area contributed by atoms with Gasteiger partial charge in [0.05, 0.1) is 0 Å². The molecule has 0 radical (unpaired) electrons. The maximum atomic E-state index is 2.68. The highest BCUT2D eigenvalue weighted by molar-refractivity contribution is 4.80. The predicted octanol–water partition coefficient (Wildman–Crippen LogP) is 2.84. The van der Waals surface area contributed by atoms with Crippen LogP contribution in [0.1, 0.15) is 46.0 Å². The summed E-state index contributed by atoms with van der Waals surface area (Å²) in [4.78, 5) is 5.35. The highest BCUT2D eigenvalue weighted by Crippen LogP contribution is 2.29. The maximum Gasteiger partial charge on any atom is 0.0110 e. The number of hydrogen-bond acceptors (Lipinski definition) is 2. The fourth-order valence-corrected chi connectivity index (χ4v) is 2.75. The minimum atomic E-state index is 0.880. The van der Waals surface area contributed by atoms with E-state index >= 15 is 0 Å². The van der Waals surface area contributed by atoms with Crippen LogP contribution in [0.2, 0.25) is 0 Å². The second kappa shape index (κ2) is 6.75. The van der Waals surface area contributed by atoms with Crippen molar-refractivity contribution in [1.29, 1.82) is 0 Å². The van der Waals surface area contributed by atoms with Crippen molar-refractivity contribution in [3.63, 3.8) is 0 Å². The van der Waals surface area contributed by atoms with Crippen LogP contribution < -0.4 is 0 Å². The summed E-state index contributed by atoms with van der Waals surface area (Å²) in [5, 5.41) is 0. The fourth-order valence-electron chi connectivity index (χ4n) is 2.75. The minimum absolute atomic E-state index is 0.880. The Kier molecular flexibility index (Phi) is 5.30. The number of unbranched alkanes of at least 4 members (excludes halogenated alkanes) is 1. The summed E-state index contributed by atoms with van der Waals surface area (Å²) in [5.41, 5.74) is 0. The van der Waals surface area contributed by atoms with Gasteiger partial charge in [-0.15, -0.1) is 0 Å². The Morgan fingerprint density at radius 2 is 1.59 bits per heavy atom. The van der Waals surface area contributed by atoms with E-state index in [1.807, 2.05) is 0 Å². The van der Waals surface area contributed by atoms with Crippen molar-refractivity contribution in [3.8, 4) is 0 Å². The lowest BCUT2D eigenvalue weighted by Gasteiger charge is -2.34. The van der Waals surface area contributed by atoms with E-state index in [0.717, 1.165) is 11.8 Å². The Labute approximate surface area is 107 Å². The fraction of sp³-hybridized carbons (Fsp3) is 1.00. The van der Waals surface area contributed by atoms with Crippen molar-refractivity contribution in [1.82, 2.24) is 9.80 Å². The van der Waals surface area contributed by atoms with Gasteiger partial charge in [0, 0.05) is 32.7 Å². The molecule has 100 valence electrons. The molecule has 0 bridgehead atoms. The molecule has 2 heteroatoms. The molecule has 2 aliphatic rings. The summed E-state index contributed by atoms with van der Waals surface area (Å²) >= 11 is 0. The van der Waals surface area contributed by atoms with E-state index in [4.69, 9.17) is 0 Å². The van der Waals surface area contributed by atoms with Crippen LogP contribution in [-0.4, -0.2) is 49.1 Å². The van der Waals surface area contributed by atoms with Crippen LogP contribution in [0.25, 0.3) is 0 Å². The smallest absolute Gasteiger partial charge is 0.0110 e. The standard InChI is InChI=1S/C15H30N2/c1-14(2)5-3-4-8-16-9-11-17(12-10-16)13-15-6-7-15/h14-15H,3-13H2,1-2H3. The SMILES string of the molecule is CC(C)CCCCN1CCN(CC2CC2)CC1. The molecule has 0 atom stereocenters. The minimum Gasteiger partial charge on any atom is -0.301 e. The molecule has 2 rings (SSSR count). The molecule has 2 fully saturated rings. The Hall–Kier alpha value is -0.0800. The molecule has 1 saturated carbocycles. The van der Waals surface area contributed by atoms with Gasteiger partial charge >= 0.3 is 0 Å². The van der Waals surface area contributed by atoms with Crippen LogP contribution in [0.4, 0.5) is 0 Å². The lowest BCUT2D eigenvalue weighted by molar-refractivity contribution is 0.126. The third-order valence-electron chi connectivity index (χ3n) is 4.18.